The number of benzene rings is 1. The number of alkyl halides is 1. The first-order chi connectivity index (χ1) is 8.08. The van der Waals surface area contributed by atoms with Crippen molar-refractivity contribution in [3.63, 3.8) is 0 Å². The van der Waals surface area contributed by atoms with Gasteiger partial charge in [-0.2, -0.15) is 0 Å². The minimum Gasteiger partial charge on any atom is -0.462 e. The molecule has 0 aliphatic rings. The van der Waals surface area contributed by atoms with E-state index < -0.39 is 0 Å². The lowest BCUT2D eigenvalue weighted by Crippen LogP contribution is -2.12. The van der Waals surface area contributed by atoms with Crippen molar-refractivity contribution in [3.05, 3.63) is 27.3 Å². The van der Waals surface area contributed by atoms with E-state index in [9.17, 15) is 4.79 Å². The summed E-state index contributed by atoms with van der Waals surface area (Å²) >= 11 is 7.63. The zero-order valence-corrected chi connectivity index (χ0v) is 12.2. The fraction of sp³-hybridized carbons (Fsp3) is 0.273. The number of ether oxygens (including phenoxy) is 1. The highest BCUT2D eigenvalue weighted by molar-refractivity contribution is 14.1. The molecule has 0 fully saturated rings. The Morgan fingerprint density at radius 1 is 1.59 bits per heavy atom. The lowest BCUT2D eigenvalue weighted by atomic mass is 10.2. The molecule has 0 bridgehead atoms. The van der Waals surface area contributed by atoms with Crippen LogP contribution in [0.3, 0.4) is 0 Å². The lowest BCUT2D eigenvalue weighted by Gasteiger charge is -2.04. The molecule has 6 heteroatoms. The Kier molecular flexibility index (Phi) is 5.70. The molecule has 0 saturated carbocycles. The highest BCUT2D eigenvalue weighted by Crippen LogP contribution is 2.23. The van der Waals surface area contributed by atoms with Crippen LogP contribution in [0, 0.1) is 3.57 Å². The van der Waals surface area contributed by atoms with E-state index in [0.29, 0.717) is 23.7 Å². The van der Waals surface area contributed by atoms with Gasteiger partial charge in [-0.1, -0.05) is 0 Å². The van der Waals surface area contributed by atoms with Crippen LogP contribution in [0.25, 0.3) is 0 Å². The maximum Gasteiger partial charge on any atom is 0.338 e. The second kappa shape index (κ2) is 6.80. The van der Waals surface area contributed by atoms with E-state index in [1.807, 2.05) is 0 Å². The van der Waals surface area contributed by atoms with Crippen molar-refractivity contribution >= 4 is 51.7 Å². The van der Waals surface area contributed by atoms with Crippen LogP contribution in [0.1, 0.15) is 17.3 Å². The van der Waals surface area contributed by atoms with E-state index in [1.54, 1.807) is 25.1 Å². The number of nitrogens with two attached hydrogens (primary N) is 1. The average Bonchev–Trinajstić information content (AvgIpc) is 2.31. The van der Waals surface area contributed by atoms with E-state index in [0.717, 1.165) is 3.57 Å². The molecule has 1 rings (SSSR count). The topological polar surface area (TPSA) is 64.7 Å². The van der Waals surface area contributed by atoms with Crippen molar-refractivity contribution in [2.45, 2.75) is 6.92 Å². The van der Waals surface area contributed by atoms with Gasteiger partial charge in [-0.3, -0.25) is 0 Å². The number of carbonyl (C=O) groups excluding carboxylic acids is 1. The van der Waals surface area contributed by atoms with Gasteiger partial charge in [-0.15, -0.1) is 11.6 Å². The molecule has 92 valence electrons. The zero-order chi connectivity index (χ0) is 12.8. The third-order valence-corrected chi connectivity index (χ3v) is 3.00. The molecule has 4 nitrogen and oxygen atoms in total. The molecule has 0 aliphatic heterocycles. The van der Waals surface area contributed by atoms with Crippen molar-refractivity contribution in [2.75, 3.05) is 12.5 Å². The summed E-state index contributed by atoms with van der Waals surface area (Å²) in [5.41, 5.74) is 6.73. The van der Waals surface area contributed by atoms with Gasteiger partial charge in [0.25, 0.3) is 0 Å². The van der Waals surface area contributed by atoms with Gasteiger partial charge in [0.05, 0.1) is 23.7 Å². The van der Waals surface area contributed by atoms with Crippen molar-refractivity contribution in [3.8, 4) is 0 Å². The third kappa shape index (κ3) is 4.16. The smallest absolute Gasteiger partial charge is 0.338 e. The Morgan fingerprint density at radius 2 is 2.29 bits per heavy atom. The third-order valence-electron chi connectivity index (χ3n) is 1.86. The quantitative estimate of drug-likeness (QED) is 0.293. The molecular formula is C11H12ClIN2O2. The second-order valence-corrected chi connectivity index (χ2v) is 4.55. The normalized spacial score (nSPS) is 11.4. The summed E-state index contributed by atoms with van der Waals surface area (Å²) in [5, 5.41) is 0. The molecule has 1 aromatic carbocycles. The number of esters is 1. The molecule has 0 radical (unpaired) electrons. The number of hydrogen-bond acceptors (Lipinski definition) is 3. The van der Waals surface area contributed by atoms with E-state index in [2.05, 4.69) is 27.6 Å². The molecule has 1 aromatic rings. The van der Waals surface area contributed by atoms with Crippen molar-refractivity contribution in [2.24, 2.45) is 10.7 Å². The summed E-state index contributed by atoms with van der Waals surface area (Å²) in [6.45, 7) is 2.12. The maximum absolute atomic E-state index is 11.5. The van der Waals surface area contributed by atoms with E-state index in [4.69, 9.17) is 22.1 Å². The second-order valence-electron chi connectivity index (χ2n) is 3.12. The Balaban J connectivity index is 2.98. The van der Waals surface area contributed by atoms with Crippen molar-refractivity contribution in [1.29, 1.82) is 0 Å². The summed E-state index contributed by atoms with van der Waals surface area (Å²) in [7, 11) is 0. The van der Waals surface area contributed by atoms with Crippen molar-refractivity contribution in [1.82, 2.24) is 0 Å². The van der Waals surface area contributed by atoms with Crippen LogP contribution < -0.4 is 5.73 Å². The molecule has 0 aromatic heterocycles. The number of carbonyl (C=O) groups is 1. The first-order valence-electron chi connectivity index (χ1n) is 4.94. The fourth-order valence-electron chi connectivity index (χ4n) is 1.12. The van der Waals surface area contributed by atoms with Crippen LogP contribution in [0.15, 0.2) is 23.2 Å². The number of hydrogen-bond donors (Lipinski definition) is 1. The summed E-state index contributed by atoms with van der Waals surface area (Å²) in [5.74, 6) is 0.176. The Hall–Kier alpha value is -0.820. The zero-order valence-electron chi connectivity index (χ0n) is 9.24. The summed E-state index contributed by atoms with van der Waals surface area (Å²) in [6.07, 6.45) is 0. The predicted octanol–water partition coefficient (Wildman–Crippen LogP) is 2.70. The molecule has 0 amide bonds. The van der Waals surface area contributed by atoms with Gasteiger partial charge in [0, 0.05) is 3.57 Å². The van der Waals surface area contributed by atoms with Crippen LogP contribution in [0.4, 0.5) is 5.69 Å². The first-order valence-corrected chi connectivity index (χ1v) is 6.55. The van der Waals surface area contributed by atoms with Gasteiger partial charge in [0.2, 0.25) is 0 Å². The lowest BCUT2D eigenvalue weighted by molar-refractivity contribution is 0.0526. The summed E-state index contributed by atoms with van der Waals surface area (Å²) in [4.78, 5) is 15.6. The summed E-state index contributed by atoms with van der Waals surface area (Å²) < 4.78 is 5.72. The largest absolute Gasteiger partial charge is 0.462 e. The Labute approximate surface area is 118 Å². The number of aliphatic imine (C=N–C) groups is 1. The van der Waals surface area contributed by atoms with Crippen LogP contribution in [-0.2, 0) is 4.74 Å². The van der Waals surface area contributed by atoms with Gasteiger partial charge in [-0.05, 0) is 47.7 Å². The van der Waals surface area contributed by atoms with Gasteiger partial charge < -0.3 is 10.5 Å². The highest BCUT2D eigenvalue weighted by Gasteiger charge is 2.08. The maximum atomic E-state index is 11.5. The van der Waals surface area contributed by atoms with Gasteiger partial charge in [0.1, 0.15) is 5.84 Å². The van der Waals surface area contributed by atoms with Crippen LogP contribution in [0.5, 0.6) is 0 Å². The first kappa shape index (κ1) is 14.2. The minimum absolute atomic E-state index is 0.176. The molecule has 0 aliphatic carbocycles. The predicted molar refractivity (Wildman–Crippen MR) is 77.1 cm³/mol. The monoisotopic (exact) mass is 366 g/mol. The number of rotatable bonds is 4. The van der Waals surface area contributed by atoms with Crippen molar-refractivity contribution < 1.29 is 9.53 Å². The molecular weight excluding hydrogens is 354 g/mol. The molecule has 2 N–H and O–H groups in total. The van der Waals surface area contributed by atoms with Crippen LogP contribution in [-0.4, -0.2) is 24.3 Å². The molecule has 0 spiro atoms. The summed E-state index contributed by atoms with van der Waals surface area (Å²) in [6, 6.07) is 5.08. The minimum atomic E-state index is -0.341. The highest BCUT2D eigenvalue weighted by atomic mass is 127. The molecule has 0 atom stereocenters. The van der Waals surface area contributed by atoms with Gasteiger partial charge in [-0.25, -0.2) is 9.79 Å². The Morgan fingerprint density at radius 3 is 2.82 bits per heavy atom. The Bertz CT molecular complexity index is 449. The number of amidine groups is 1. The van der Waals surface area contributed by atoms with E-state index in [-0.39, 0.29) is 11.8 Å². The van der Waals surface area contributed by atoms with Crippen LogP contribution in [0.2, 0.25) is 0 Å². The molecule has 17 heavy (non-hydrogen) atoms. The van der Waals surface area contributed by atoms with E-state index >= 15 is 0 Å². The fourth-order valence-corrected chi connectivity index (χ4v) is 1.82. The van der Waals surface area contributed by atoms with Gasteiger partial charge >= 0.3 is 5.97 Å². The van der Waals surface area contributed by atoms with E-state index in [1.165, 1.54) is 0 Å². The number of halogens is 2. The standard InChI is InChI=1S/C11H12ClIN2O2/c1-2-17-11(16)7-3-4-9(8(13)5-7)15-10(14)6-12/h3-5H,2,6H2,1H3,(H2,14,15). The average molecular weight is 367 g/mol. The number of nitrogens with zero attached hydrogens (tertiary/aromatic N) is 1. The van der Waals surface area contributed by atoms with Gasteiger partial charge in [0.15, 0.2) is 0 Å². The van der Waals surface area contributed by atoms with Crippen LogP contribution >= 0.6 is 34.2 Å². The molecule has 0 unspecified atom stereocenters. The SMILES string of the molecule is CCOC(=O)c1ccc(N=C(N)CCl)c(I)c1. The molecule has 0 heterocycles. The molecule has 0 saturated heterocycles.